The number of anilines is 1. The van der Waals surface area contributed by atoms with Crippen molar-refractivity contribution in [3.05, 3.63) is 150 Å². The predicted octanol–water partition coefficient (Wildman–Crippen LogP) is 8.64. The molecule has 48 heavy (non-hydrogen) atoms. The zero-order valence-corrected chi connectivity index (χ0v) is 27.4. The summed E-state index contributed by atoms with van der Waals surface area (Å²) < 4.78 is 24.4. The maximum absolute atomic E-state index is 12.6. The summed E-state index contributed by atoms with van der Waals surface area (Å²) in [5.74, 6) is 3.00. The van der Waals surface area contributed by atoms with Crippen LogP contribution in [-0.4, -0.2) is 30.1 Å². The van der Waals surface area contributed by atoms with Gasteiger partial charge in [-0.1, -0.05) is 78.9 Å². The summed E-state index contributed by atoms with van der Waals surface area (Å²) in [6, 6.07) is 40.2. The molecule has 6 rings (SSSR count). The smallest absolute Gasteiger partial charge is 0.319 e. The van der Waals surface area contributed by atoms with E-state index in [-0.39, 0.29) is 24.8 Å². The Labute approximate surface area is 285 Å². The minimum atomic E-state index is -0.566. The molecule has 0 spiro atoms. The zero-order valence-electron chi connectivity index (χ0n) is 26.6. The summed E-state index contributed by atoms with van der Waals surface area (Å²) in [6.45, 7) is 0.349. The Kier molecular flexibility index (Phi) is 11.3. The van der Waals surface area contributed by atoms with E-state index in [1.807, 2.05) is 109 Å². The van der Waals surface area contributed by atoms with Crippen LogP contribution in [0.3, 0.4) is 0 Å². The summed E-state index contributed by atoms with van der Waals surface area (Å²) in [5, 5.41) is 15.3. The third-order valence-corrected chi connectivity index (χ3v) is 9.09. The number of aliphatic hydroxyl groups is 1. The van der Waals surface area contributed by atoms with Crippen LogP contribution in [0.1, 0.15) is 41.1 Å². The van der Waals surface area contributed by atoms with Crippen LogP contribution >= 0.6 is 11.8 Å². The van der Waals surface area contributed by atoms with Crippen LogP contribution in [0, 0.1) is 0 Å². The molecule has 9 heteroatoms. The average Bonchev–Trinajstić information content (AvgIpc) is 3.14. The highest BCUT2D eigenvalue weighted by molar-refractivity contribution is 7.99. The molecule has 246 valence electrons. The molecule has 3 N–H and O–H groups in total. The number of ether oxygens (including phenoxy) is 4. The van der Waals surface area contributed by atoms with Crippen molar-refractivity contribution in [1.29, 1.82) is 0 Å². The van der Waals surface area contributed by atoms with Crippen molar-refractivity contribution in [1.82, 2.24) is 5.32 Å². The third kappa shape index (κ3) is 8.96. The first-order valence-corrected chi connectivity index (χ1v) is 16.8. The van der Waals surface area contributed by atoms with Crippen molar-refractivity contribution in [3.63, 3.8) is 0 Å². The van der Waals surface area contributed by atoms with E-state index < -0.39 is 6.29 Å². The van der Waals surface area contributed by atoms with E-state index in [1.54, 1.807) is 31.0 Å². The van der Waals surface area contributed by atoms with Gasteiger partial charge in [0.2, 0.25) is 0 Å². The molecule has 1 fully saturated rings. The minimum absolute atomic E-state index is 0.00368. The van der Waals surface area contributed by atoms with Gasteiger partial charge in [0.25, 0.3) is 0 Å². The van der Waals surface area contributed by atoms with E-state index in [2.05, 4.69) is 16.7 Å². The van der Waals surface area contributed by atoms with E-state index >= 15 is 0 Å². The van der Waals surface area contributed by atoms with Gasteiger partial charge in [-0.3, -0.25) is 0 Å². The van der Waals surface area contributed by atoms with Gasteiger partial charge in [-0.2, -0.15) is 0 Å². The topological polar surface area (TPSA) is 98.3 Å². The summed E-state index contributed by atoms with van der Waals surface area (Å²) in [4.78, 5) is 13.7. The Balaban J connectivity index is 1.06. The third-order valence-electron chi connectivity index (χ3n) is 7.90. The number of amides is 2. The fourth-order valence-corrected chi connectivity index (χ4v) is 6.37. The molecule has 3 atom stereocenters. The van der Waals surface area contributed by atoms with E-state index in [1.165, 1.54) is 0 Å². The Hall–Kier alpha value is -4.80. The molecule has 1 saturated heterocycles. The molecule has 5 aromatic carbocycles. The lowest BCUT2D eigenvalue weighted by Crippen LogP contribution is -2.31. The minimum Gasteiger partial charge on any atom is -0.496 e. The van der Waals surface area contributed by atoms with Gasteiger partial charge in [0, 0.05) is 34.9 Å². The number of methoxy groups -OCH3 is 1. The Morgan fingerprint density at radius 1 is 0.792 bits per heavy atom. The molecule has 1 heterocycles. The van der Waals surface area contributed by atoms with Gasteiger partial charge in [-0.05, 0) is 65.2 Å². The predicted molar refractivity (Wildman–Crippen MR) is 187 cm³/mol. The quantitative estimate of drug-likeness (QED) is 0.115. The van der Waals surface area contributed by atoms with Gasteiger partial charge in [0.15, 0.2) is 6.29 Å². The second-order valence-corrected chi connectivity index (χ2v) is 12.4. The maximum Gasteiger partial charge on any atom is 0.319 e. The standard InChI is InChI=1S/C39H38N2O6S/c1-44-35-9-5-6-10-37(35)48-26-34-23-36(29-15-13-28(25-42)14-16-29)47-38(46-34)30-17-11-27(12-18-30)24-40-39(43)41-31-19-21-33(22-20-31)45-32-7-3-2-4-8-32/h2-22,34,36,38,42H,23-26H2,1H3,(H2,40,41,43). The highest BCUT2D eigenvalue weighted by Crippen LogP contribution is 2.40. The molecule has 1 aliphatic heterocycles. The number of hydrogen-bond donors (Lipinski definition) is 3. The van der Waals surface area contributed by atoms with E-state index in [4.69, 9.17) is 18.9 Å². The first-order chi connectivity index (χ1) is 23.6. The molecular formula is C39H38N2O6S. The van der Waals surface area contributed by atoms with Crippen molar-refractivity contribution in [2.24, 2.45) is 0 Å². The van der Waals surface area contributed by atoms with Crippen LogP contribution < -0.4 is 20.1 Å². The number of para-hydroxylation sites is 2. The molecule has 5 aromatic rings. The molecule has 0 radical (unpaired) electrons. The summed E-state index contributed by atoms with van der Waals surface area (Å²) in [6.07, 6.45) is -0.130. The van der Waals surface area contributed by atoms with Gasteiger partial charge in [0.1, 0.15) is 17.2 Å². The average molecular weight is 663 g/mol. The monoisotopic (exact) mass is 662 g/mol. The summed E-state index contributed by atoms with van der Waals surface area (Å²) in [7, 11) is 1.68. The second-order valence-electron chi connectivity index (χ2n) is 11.3. The van der Waals surface area contributed by atoms with Crippen LogP contribution in [0.4, 0.5) is 10.5 Å². The lowest BCUT2D eigenvalue weighted by Gasteiger charge is -2.36. The number of hydrogen-bond acceptors (Lipinski definition) is 7. The molecule has 0 aromatic heterocycles. The number of rotatable bonds is 12. The van der Waals surface area contributed by atoms with E-state index in [0.29, 0.717) is 24.4 Å². The van der Waals surface area contributed by atoms with Gasteiger partial charge in [-0.15, -0.1) is 11.8 Å². The molecule has 3 unspecified atom stereocenters. The molecule has 0 bridgehead atoms. The first kappa shape index (κ1) is 33.1. The van der Waals surface area contributed by atoms with Gasteiger partial charge >= 0.3 is 6.03 Å². The fraction of sp³-hybridized carbons (Fsp3) is 0.205. The molecule has 8 nitrogen and oxygen atoms in total. The number of carbonyl (C=O) groups excluding carboxylic acids is 1. The summed E-state index contributed by atoms with van der Waals surface area (Å²) >= 11 is 1.70. The molecular weight excluding hydrogens is 625 g/mol. The van der Waals surface area contributed by atoms with Crippen molar-refractivity contribution >= 4 is 23.5 Å². The lowest BCUT2D eigenvalue weighted by molar-refractivity contribution is -0.245. The van der Waals surface area contributed by atoms with Gasteiger partial charge in [0.05, 0.1) is 25.9 Å². The van der Waals surface area contributed by atoms with Crippen molar-refractivity contribution < 1.29 is 28.8 Å². The number of aliphatic hydroxyl groups excluding tert-OH is 1. The highest BCUT2D eigenvalue weighted by atomic mass is 32.2. The van der Waals surface area contributed by atoms with Crippen LogP contribution in [-0.2, 0) is 22.6 Å². The lowest BCUT2D eigenvalue weighted by atomic mass is 10.0. The molecule has 2 amide bonds. The largest absolute Gasteiger partial charge is 0.496 e. The van der Waals surface area contributed by atoms with Crippen molar-refractivity contribution in [2.75, 3.05) is 18.2 Å². The maximum atomic E-state index is 12.6. The zero-order chi connectivity index (χ0) is 33.1. The number of nitrogens with one attached hydrogen (secondary N) is 2. The first-order valence-electron chi connectivity index (χ1n) is 15.8. The van der Waals surface area contributed by atoms with Crippen LogP contribution in [0.5, 0.6) is 17.2 Å². The Morgan fingerprint density at radius 2 is 1.46 bits per heavy atom. The second kappa shape index (κ2) is 16.3. The Morgan fingerprint density at radius 3 is 2.19 bits per heavy atom. The Bertz CT molecular complexity index is 1750. The van der Waals surface area contributed by atoms with Crippen LogP contribution in [0.15, 0.2) is 132 Å². The van der Waals surface area contributed by atoms with Gasteiger partial charge < -0.3 is 34.7 Å². The van der Waals surface area contributed by atoms with Crippen molar-refractivity contribution in [2.45, 2.75) is 43.0 Å². The normalized spacial score (nSPS) is 17.3. The molecule has 1 aliphatic rings. The number of thioether (sulfide) groups is 1. The number of urea groups is 1. The van der Waals surface area contributed by atoms with Crippen LogP contribution in [0.25, 0.3) is 0 Å². The number of benzene rings is 5. The highest BCUT2D eigenvalue weighted by Gasteiger charge is 2.32. The number of carbonyl (C=O) groups is 1. The van der Waals surface area contributed by atoms with Crippen molar-refractivity contribution in [3.8, 4) is 17.2 Å². The van der Waals surface area contributed by atoms with E-state index in [0.717, 1.165) is 44.4 Å². The summed E-state index contributed by atoms with van der Waals surface area (Å²) in [5.41, 5.74) is 4.39. The molecule has 0 saturated carbocycles. The fourth-order valence-electron chi connectivity index (χ4n) is 5.32. The SMILES string of the molecule is COc1ccccc1SCC1CC(c2ccc(CO)cc2)OC(c2ccc(CNC(=O)Nc3ccc(Oc4ccccc4)cc3)cc2)O1. The van der Waals surface area contributed by atoms with E-state index in [9.17, 15) is 9.90 Å². The molecule has 0 aliphatic carbocycles. The van der Waals surface area contributed by atoms with Gasteiger partial charge in [-0.25, -0.2) is 4.79 Å². The van der Waals surface area contributed by atoms with Crippen LogP contribution in [0.2, 0.25) is 0 Å².